The van der Waals surface area contributed by atoms with Gasteiger partial charge in [0.2, 0.25) is 5.75 Å². The molecular formula is C31H34N2O6S2. The Hall–Kier alpha value is -3.47. The van der Waals surface area contributed by atoms with Crippen molar-refractivity contribution in [3.05, 3.63) is 68.9 Å². The number of carbonyl (C=O) groups is 1. The van der Waals surface area contributed by atoms with Crippen LogP contribution in [0.5, 0.6) is 17.2 Å². The second-order valence-corrected chi connectivity index (χ2v) is 12.4. The summed E-state index contributed by atoms with van der Waals surface area (Å²) in [6.45, 7) is 13.6. The number of ether oxygens (including phenoxy) is 4. The zero-order valence-corrected chi connectivity index (χ0v) is 25.8. The number of aryl methyl sites for hydroxylation is 1. The van der Waals surface area contributed by atoms with Crippen molar-refractivity contribution in [3.8, 4) is 17.2 Å². The molecule has 5 rings (SSSR count). The number of thiophene rings is 1. The van der Waals surface area contributed by atoms with Crippen molar-refractivity contribution >= 4 is 45.6 Å². The maximum Gasteiger partial charge on any atom is 0.342 e. The Balaban J connectivity index is 1.70. The summed E-state index contributed by atoms with van der Waals surface area (Å²) >= 11 is 2.45. The maximum atomic E-state index is 13.5. The fraction of sp³-hybridized carbons (Fsp3) is 0.387. The summed E-state index contributed by atoms with van der Waals surface area (Å²) < 4.78 is 33.0. The van der Waals surface area contributed by atoms with Crippen LogP contribution in [0.2, 0.25) is 0 Å². The Morgan fingerprint density at radius 3 is 2.12 bits per heavy atom. The number of nitrogens with zero attached hydrogens (tertiary/aromatic N) is 2. The van der Waals surface area contributed by atoms with Crippen LogP contribution >= 0.6 is 23.1 Å². The Morgan fingerprint density at radius 1 is 0.902 bits per heavy atom. The largest absolute Gasteiger partial charge is 0.487 e. The van der Waals surface area contributed by atoms with Gasteiger partial charge < -0.3 is 24.1 Å². The highest BCUT2D eigenvalue weighted by Crippen LogP contribution is 2.48. The Labute approximate surface area is 247 Å². The minimum absolute atomic E-state index is 0.109. The van der Waals surface area contributed by atoms with E-state index in [9.17, 15) is 9.90 Å². The standard InChI is InChI=1S/C31H34N2O6S2/c1-16(2)36-25-12-20(13-26(37-17(3)4)29(25)38-18(5)6)11-22-28(21-8-9-23-24(14-21)33-41-32-23)30(34)39-31(22,35)27-10-19(7)15-40-27/h8-10,12-18,35H,11H2,1-7H3. The molecule has 1 atom stereocenters. The summed E-state index contributed by atoms with van der Waals surface area (Å²) in [5, 5.41) is 14.0. The molecule has 0 radical (unpaired) electrons. The van der Waals surface area contributed by atoms with E-state index in [0.29, 0.717) is 44.4 Å². The van der Waals surface area contributed by atoms with Crippen LogP contribution in [0.1, 0.15) is 63.1 Å². The third-order valence-electron chi connectivity index (χ3n) is 6.30. The number of aliphatic hydroxyl groups is 1. The summed E-state index contributed by atoms with van der Waals surface area (Å²) in [5.41, 5.74) is 4.47. The van der Waals surface area contributed by atoms with Gasteiger partial charge in [0.15, 0.2) is 11.5 Å². The molecule has 0 saturated carbocycles. The molecule has 2 aromatic heterocycles. The van der Waals surface area contributed by atoms with Crippen LogP contribution in [0.15, 0.2) is 47.4 Å². The quantitative estimate of drug-likeness (QED) is 0.200. The summed E-state index contributed by atoms with van der Waals surface area (Å²) in [5.74, 6) is -0.969. The number of cyclic esters (lactones) is 1. The topological polar surface area (TPSA) is 100 Å². The van der Waals surface area contributed by atoms with Crippen molar-refractivity contribution in [1.82, 2.24) is 8.75 Å². The lowest BCUT2D eigenvalue weighted by Crippen LogP contribution is -2.28. The molecule has 0 spiro atoms. The molecule has 10 heteroatoms. The van der Waals surface area contributed by atoms with Crippen LogP contribution in [-0.2, 0) is 21.7 Å². The molecule has 0 saturated heterocycles. The van der Waals surface area contributed by atoms with E-state index in [1.54, 1.807) is 6.07 Å². The molecule has 216 valence electrons. The van der Waals surface area contributed by atoms with E-state index < -0.39 is 11.8 Å². The third kappa shape index (κ3) is 5.95. The van der Waals surface area contributed by atoms with E-state index in [0.717, 1.165) is 28.4 Å². The van der Waals surface area contributed by atoms with Gasteiger partial charge in [0.1, 0.15) is 11.0 Å². The number of carbonyl (C=O) groups excluding carboxylic acids is 1. The average Bonchev–Trinajstić information content (AvgIpc) is 3.58. The van der Waals surface area contributed by atoms with Crippen molar-refractivity contribution in [2.45, 2.75) is 79.0 Å². The van der Waals surface area contributed by atoms with Gasteiger partial charge in [-0.05, 0) is 101 Å². The second-order valence-electron chi connectivity index (χ2n) is 10.9. The van der Waals surface area contributed by atoms with Gasteiger partial charge in [-0.2, -0.15) is 8.75 Å². The summed E-state index contributed by atoms with van der Waals surface area (Å²) in [4.78, 5) is 14.0. The highest BCUT2D eigenvalue weighted by molar-refractivity contribution is 7.10. The average molecular weight is 595 g/mol. The Bertz CT molecular complexity index is 1590. The van der Waals surface area contributed by atoms with Crippen molar-refractivity contribution < 1.29 is 28.8 Å². The molecule has 1 unspecified atom stereocenters. The zero-order chi connectivity index (χ0) is 29.5. The smallest absolute Gasteiger partial charge is 0.342 e. The third-order valence-corrected chi connectivity index (χ3v) is 8.00. The van der Waals surface area contributed by atoms with Gasteiger partial charge in [-0.1, -0.05) is 6.07 Å². The number of esters is 1. The molecule has 0 amide bonds. The second kappa shape index (κ2) is 11.4. The van der Waals surface area contributed by atoms with Gasteiger partial charge in [0.05, 0.1) is 40.5 Å². The lowest BCUT2D eigenvalue weighted by Gasteiger charge is -2.25. The predicted octanol–water partition coefficient (Wildman–Crippen LogP) is 6.82. The first-order valence-electron chi connectivity index (χ1n) is 13.6. The number of aromatic nitrogens is 2. The van der Waals surface area contributed by atoms with Gasteiger partial charge in [0, 0.05) is 12.0 Å². The van der Waals surface area contributed by atoms with Crippen LogP contribution in [0.3, 0.4) is 0 Å². The minimum Gasteiger partial charge on any atom is -0.487 e. The lowest BCUT2D eigenvalue weighted by molar-refractivity contribution is -0.184. The van der Waals surface area contributed by atoms with Gasteiger partial charge in [-0.15, -0.1) is 11.3 Å². The van der Waals surface area contributed by atoms with Crippen molar-refractivity contribution in [2.75, 3.05) is 0 Å². The van der Waals surface area contributed by atoms with Gasteiger partial charge in [-0.25, -0.2) is 4.79 Å². The van der Waals surface area contributed by atoms with E-state index in [2.05, 4.69) is 8.75 Å². The molecule has 0 fully saturated rings. The summed E-state index contributed by atoms with van der Waals surface area (Å²) in [6, 6.07) is 11.0. The molecule has 1 aliphatic rings. The Morgan fingerprint density at radius 2 is 1.54 bits per heavy atom. The molecule has 41 heavy (non-hydrogen) atoms. The molecule has 3 heterocycles. The van der Waals surface area contributed by atoms with Gasteiger partial charge >= 0.3 is 5.97 Å². The number of fused-ring (bicyclic) bond motifs is 1. The molecule has 0 bridgehead atoms. The first-order chi connectivity index (χ1) is 19.4. The van der Waals surface area contributed by atoms with Crippen molar-refractivity contribution in [1.29, 1.82) is 0 Å². The number of rotatable bonds is 10. The number of hydrogen-bond acceptors (Lipinski definition) is 10. The Kier molecular flexibility index (Phi) is 8.09. The monoisotopic (exact) mass is 594 g/mol. The lowest BCUT2D eigenvalue weighted by atomic mass is 9.90. The highest BCUT2D eigenvalue weighted by Gasteiger charge is 2.49. The molecule has 1 aliphatic heterocycles. The molecule has 4 aromatic rings. The van der Waals surface area contributed by atoms with Crippen LogP contribution in [0.4, 0.5) is 0 Å². The van der Waals surface area contributed by atoms with Crippen LogP contribution in [-0.4, -0.2) is 38.1 Å². The van der Waals surface area contributed by atoms with Crippen LogP contribution < -0.4 is 14.2 Å². The number of benzene rings is 2. The van der Waals surface area contributed by atoms with Crippen LogP contribution in [0.25, 0.3) is 16.6 Å². The van der Waals surface area contributed by atoms with Crippen LogP contribution in [0, 0.1) is 6.92 Å². The SMILES string of the molecule is Cc1csc(C2(O)OC(=O)C(c3ccc4nsnc4c3)=C2Cc2cc(OC(C)C)c(OC(C)C)c(OC(C)C)c2)c1. The van der Waals surface area contributed by atoms with E-state index in [1.807, 2.05) is 84.2 Å². The normalized spacial score (nSPS) is 17.3. The van der Waals surface area contributed by atoms with Gasteiger partial charge in [-0.3, -0.25) is 0 Å². The van der Waals surface area contributed by atoms with Crippen molar-refractivity contribution in [3.63, 3.8) is 0 Å². The molecular weight excluding hydrogens is 560 g/mol. The van der Waals surface area contributed by atoms with Crippen molar-refractivity contribution in [2.24, 2.45) is 0 Å². The van der Waals surface area contributed by atoms with Gasteiger partial charge in [0.25, 0.3) is 5.79 Å². The fourth-order valence-corrected chi connectivity index (χ4v) is 6.23. The number of hydrogen-bond donors (Lipinski definition) is 1. The predicted molar refractivity (Wildman–Crippen MR) is 161 cm³/mol. The zero-order valence-electron chi connectivity index (χ0n) is 24.2. The molecule has 2 aromatic carbocycles. The molecule has 8 nitrogen and oxygen atoms in total. The van der Waals surface area contributed by atoms with E-state index >= 15 is 0 Å². The summed E-state index contributed by atoms with van der Waals surface area (Å²) in [6.07, 6.45) is -0.167. The first-order valence-corrected chi connectivity index (χ1v) is 15.2. The molecule has 0 aliphatic carbocycles. The van der Waals surface area contributed by atoms with E-state index in [4.69, 9.17) is 18.9 Å². The van der Waals surface area contributed by atoms with E-state index in [1.165, 1.54) is 11.3 Å². The van der Waals surface area contributed by atoms with E-state index in [-0.39, 0.29) is 24.7 Å². The summed E-state index contributed by atoms with van der Waals surface area (Å²) in [7, 11) is 0. The highest BCUT2D eigenvalue weighted by atomic mass is 32.1. The maximum absolute atomic E-state index is 13.5. The molecule has 1 N–H and O–H groups in total. The minimum atomic E-state index is -1.94. The first kappa shape index (κ1) is 29.0. The fourth-order valence-electron chi connectivity index (χ4n) is 4.76.